The van der Waals surface area contributed by atoms with Crippen molar-refractivity contribution in [3.63, 3.8) is 0 Å². The molecule has 2 aromatic carbocycles. The van der Waals surface area contributed by atoms with E-state index in [9.17, 15) is 9.18 Å². The van der Waals surface area contributed by atoms with Crippen molar-refractivity contribution < 1.29 is 18.7 Å². The summed E-state index contributed by atoms with van der Waals surface area (Å²) in [5.74, 6) is 1.19. The molecule has 2 heterocycles. The summed E-state index contributed by atoms with van der Waals surface area (Å²) in [7, 11) is 0. The third-order valence-electron chi connectivity index (χ3n) is 3.99. The van der Waals surface area contributed by atoms with Crippen LogP contribution in [0.2, 0.25) is 0 Å². The van der Waals surface area contributed by atoms with Crippen LogP contribution in [0.15, 0.2) is 30.3 Å². The van der Waals surface area contributed by atoms with Gasteiger partial charge in [0, 0.05) is 29.7 Å². The number of halogens is 1. The van der Waals surface area contributed by atoms with Crippen molar-refractivity contribution in [2.75, 3.05) is 23.8 Å². The van der Waals surface area contributed by atoms with Gasteiger partial charge in [-0.25, -0.2) is 9.18 Å². The standard InChI is InChI=1S/C17H15FN2O3/c18-11-1-3-12(4-2-11)19-17(21)20-15-13-6-8-22-14(13)9-10-5-7-23-16(10)15/h1-4,9H,5-8H2,(H2,19,20,21). The molecule has 5 nitrogen and oxygen atoms in total. The molecule has 0 unspecified atom stereocenters. The maximum Gasteiger partial charge on any atom is 0.323 e. The average molecular weight is 314 g/mol. The highest BCUT2D eigenvalue weighted by Gasteiger charge is 2.27. The number of anilines is 2. The number of urea groups is 1. The zero-order chi connectivity index (χ0) is 15.8. The molecule has 0 radical (unpaired) electrons. The minimum absolute atomic E-state index is 0.347. The van der Waals surface area contributed by atoms with E-state index in [0.717, 1.165) is 35.5 Å². The number of hydrogen-bond acceptors (Lipinski definition) is 3. The maximum absolute atomic E-state index is 12.9. The number of carbonyl (C=O) groups excluding carboxylic acids is 1. The number of ether oxygens (including phenoxy) is 2. The Kier molecular flexibility index (Phi) is 3.29. The maximum atomic E-state index is 12.9. The van der Waals surface area contributed by atoms with Crippen molar-refractivity contribution in [3.05, 3.63) is 47.3 Å². The first-order valence-electron chi connectivity index (χ1n) is 7.48. The van der Waals surface area contributed by atoms with Crippen LogP contribution in [0, 0.1) is 5.82 Å². The van der Waals surface area contributed by atoms with Crippen LogP contribution in [0.3, 0.4) is 0 Å². The summed E-state index contributed by atoms with van der Waals surface area (Å²) in [6, 6.07) is 7.21. The summed E-state index contributed by atoms with van der Waals surface area (Å²) in [6.07, 6.45) is 1.54. The van der Waals surface area contributed by atoms with Crippen molar-refractivity contribution >= 4 is 17.4 Å². The average Bonchev–Trinajstić information content (AvgIpc) is 3.18. The first-order valence-corrected chi connectivity index (χ1v) is 7.48. The number of nitrogens with one attached hydrogen (secondary N) is 2. The molecule has 0 fully saturated rings. The van der Waals surface area contributed by atoms with Gasteiger partial charge in [0.1, 0.15) is 17.3 Å². The van der Waals surface area contributed by atoms with Gasteiger partial charge in [-0.1, -0.05) is 0 Å². The predicted octanol–water partition coefficient (Wildman–Crippen LogP) is 3.34. The summed E-state index contributed by atoms with van der Waals surface area (Å²) >= 11 is 0. The highest BCUT2D eigenvalue weighted by molar-refractivity contribution is 6.02. The van der Waals surface area contributed by atoms with E-state index in [0.29, 0.717) is 24.6 Å². The Hall–Kier alpha value is -2.76. The van der Waals surface area contributed by atoms with E-state index < -0.39 is 6.03 Å². The Bertz CT molecular complexity index is 742. The number of benzene rings is 2. The Morgan fingerprint density at radius 3 is 2.65 bits per heavy atom. The largest absolute Gasteiger partial charge is 0.493 e. The number of hydrogen-bond donors (Lipinski definition) is 2. The Labute approximate surface area is 132 Å². The molecule has 23 heavy (non-hydrogen) atoms. The lowest BCUT2D eigenvalue weighted by Crippen LogP contribution is -2.20. The van der Waals surface area contributed by atoms with Crippen molar-refractivity contribution in [1.29, 1.82) is 0 Å². The first kappa shape index (κ1) is 13.9. The fraction of sp³-hybridized carbons (Fsp3) is 0.235. The molecule has 0 spiro atoms. The van der Waals surface area contributed by atoms with Gasteiger partial charge < -0.3 is 20.1 Å². The van der Waals surface area contributed by atoms with Gasteiger partial charge in [0.2, 0.25) is 0 Å². The number of fused-ring (bicyclic) bond motifs is 2. The highest BCUT2D eigenvalue weighted by atomic mass is 19.1. The summed E-state index contributed by atoms with van der Waals surface area (Å²) in [5, 5.41) is 5.54. The Balaban J connectivity index is 1.59. The van der Waals surface area contributed by atoms with Crippen LogP contribution >= 0.6 is 0 Å². The van der Waals surface area contributed by atoms with Gasteiger partial charge >= 0.3 is 6.03 Å². The summed E-state index contributed by atoms with van der Waals surface area (Å²) in [6.45, 7) is 1.21. The first-order chi connectivity index (χ1) is 11.2. The molecule has 0 bridgehead atoms. The van der Waals surface area contributed by atoms with Crippen LogP contribution in [0.25, 0.3) is 0 Å². The number of amides is 2. The van der Waals surface area contributed by atoms with Gasteiger partial charge in [0.25, 0.3) is 0 Å². The summed E-state index contributed by atoms with van der Waals surface area (Å²) in [4.78, 5) is 12.3. The van der Waals surface area contributed by atoms with E-state index in [4.69, 9.17) is 9.47 Å². The fourth-order valence-corrected chi connectivity index (χ4v) is 2.93. The molecule has 0 saturated heterocycles. The van der Waals surface area contributed by atoms with Crippen LogP contribution in [0.4, 0.5) is 20.6 Å². The number of rotatable bonds is 2. The van der Waals surface area contributed by atoms with E-state index >= 15 is 0 Å². The van der Waals surface area contributed by atoms with Crippen molar-refractivity contribution in [2.24, 2.45) is 0 Å². The quantitative estimate of drug-likeness (QED) is 0.894. The lowest BCUT2D eigenvalue weighted by Gasteiger charge is -2.14. The molecule has 6 heteroatoms. The monoisotopic (exact) mass is 314 g/mol. The molecule has 0 saturated carbocycles. The fourth-order valence-electron chi connectivity index (χ4n) is 2.93. The van der Waals surface area contributed by atoms with Gasteiger partial charge in [-0.3, -0.25) is 0 Å². The third kappa shape index (κ3) is 2.56. The van der Waals surface area contributed by atoms with Crippen molar-refractivity contribution in [3.8, 4) is 11.5 Å². The van der Waals surface area contributed by atoms with Gasteiger partial charge in [-0.05, 0) is 30.3 Å². The predicted molar refractivity (Wildman–Crippen MR) is 83.9 cm³/mol. The van der Waals surface area contributed by atoms with E-state index in [1.807, 2.05) is 6.07 Å². The lowest BCUT2D eigenvalue weighted by atomic mass is 10.0. The van der Waals surface area contributed by atoms with Gasteiger partial charge in [-0.15, -0.1) is 0 Å². The Morgan fingerprint density at radius 1 is 1.04 bits per heavy atom. The zero-order valence-corrected chi connectivity index (χ0v) is 12.3. The van der Waals surface area contributed by atoms with Crippen LogP contribution in [-0.2, 0) is 12.8 Å². The minimum Gasteiger partial charge on any atom is -0.493 e. The number of carbonyl (C=O) groups is 1. The van der Waals surface area contributed by atoms with Crippen LogP contribution in [0.5, 0.6) is 11.5 Å². The molecule has 2 amide bonds. The second-order valence-electron chi connectivity index (χ2n) is 5.50. The topological polar surface area (TPSA) is 59.6 Å². The SMILES string of the molecule is O=C(Nc1ccc(F)cc1)Nc1c2c(cc3c1OCC3)OCC2. The highest BCUT2D eigenvalue weighted by Crippen LogP contribution is 2.44. The summed E-state index contributed by atoms with van der Waals surface area (Å²) in [5.41, 5.74) is 3.19. The molecular formula is C17H15FN2O3. The van der Waals surface area contributed by atoms with Crippen LogP contribution in [-0.4, -0.2) is 19.2 Å². The smallest absolute Gasteiger partial charge is 0.323 e. The molecule has 0 atom stereocenters. The second kappa shape index (κ2) is 5.46. The molecule has 0 aliphatic carbocycles. The van der Waals surface area contributed by atoms with Gasteiger partial charge in [0.15, 0.2) is 0 Å². The molecular weight excluding hydrogens is 299 g/mol. The van der Waals surface area contributed by atoms with E-state index in [-0.39, 0.29) is 5.82 Å². The minimum atomic E-state index is -0.394. The van der Waals surface area contributed by atoms with Crippen LogP contribution in [0.1, 0.15) is 11.1 Å². The molecule has 2 aromatic rings. The van der Waals surface area contributed by atoms with E-state index in [2.05, 4.69) is 10.6 Å². The Morgan fingerprint density at radius 2 is 1.83 bits per heavy atom. The van der Waals surface area contributed by atoms with Gasteiger partial charge in [-0.2, -0.15) is 0 Å². The molecule has 2 N–H and O–H groups in total. The zero-order valence-electron chi connectivity index (χ0n) is 12.3. The molecule has 118 valence electrons. The molecule has 0 aromatic heterocycles. The second-order valence-corrected chi connectivity index (χ2v) is 5.50. The van der Waals surface area contributed by atoms with Crippen LogP contribution < -0.4 is 20.1 Å². The molecule has 2 aliphatic heterocycles. The molecule has 2 aliphatic rings. The normalized spacial score (nSPS) is 14.5. The van der Waals surface area contributed by atoms with Crippen molar-refractivity contribution in [1.82, 2.24) is 0 Å². The molecule has 4 rings (SSSR count). The van der Waals surface area contributed by atoms with Gasteiger partial charge in [0.05, 0.1) is 18.9 Å². The van der Waals surface area contributed by atoms with E-state index in [1.165, 1.54) is 24.3 Å². The summed E-state index contributed by atoms with van der Waals surface area (Å²) < 4.78 is 24.2. The van der Waals surface area contributed by atoms with E-state index in [1.54, 1.807) is 0 Å². The lowest BCUT2D eigenvalue weighted by molar-refractivity contribution is 0.262. The third-order valence-corrected chi connectivity index (χ3v) is 3.99. The van der Waals surface area contributed by atoms with Crippen molar-refractivity contribution in [2.45, 2.75) is 12.8 Å².